The smallest absolute Gasteiger partial charge is 0.416 e. The van der Waals surface area contributed by atoms with Crippen molar-refractivity contribution in [2.45, 2.75) is 39.3 Å². The van der Waals surface area contributed by atoms with E-state index in [0.29, 0.717) is 17.1 Å². The van der Waals surface area contributed by atoms with Gasteiger partial charge in [0.15, 0.2) is 0 Å². The van der Waals surface area contributed by atoms with Crippen LogP contribution in [0.15, 0.2) is 34.7 Å². The largest absolute Gasteiger partial charge is 0.465 e. The Bertz CT molecular complexity index is 724. The molecule has 1 aromatic carbocycles. The quantitative estimate of drug-likeness (QED) is 0.829. The maximum absolute atomic E-state index is 12.7. The summed E-state index contributed by atoms with van der Waals surface area (Å²) in [4.78, 5) is 12.3. The van der Waals surface area contributed by atoms with Gasteiger partial charge in [-0.1, -0.05) is 26.8 Å². The minimum atomic E-state index is -4.45. The van der Waals surface area contributed by atoms with Crippen LogP contribution in [0.2, 0.25) is 0 Å². The molecule has 0 bridgehead atoms. The monoisotopic (exact) mass is 325 g/mol. The van der Waals surface area contributed by atoms with Crippen molar-refractivity contribution in [2.75, 3.05) is 5.32 Å². The van der Waals surface area contributed by atoms with E-state index in [2.05, 4.69) is 5.32 Å². The highest BCUT2D eigenvalue weighted by atomic mass is 19.4. The second-order valence-electron chi connectivity index (χ2n) is 6.36. The highest BCUT2D eigenvalue weighted by Crippen LogP contribution is 2.31. The zero-order chi connectivity index (χ0) is 17.4. The SMILES string of the molecule is Cc1oc(C(C)(C)C)cc1C(=O)Nc1cccc(C(F)(F)F)c1. The lowest BCUT2D eigenvalue weighted by atomic mass is 9.93. The molecule has 1 N–H and O–H groups in total. The maximum atomic E-state index is 12.7. The van der Waals surface area contributed by atoms with Crippen LogP contribution in [0.25, 0.3) is 0 Å². The molecule has 0 aliphatic rings. The first-order valence-electron chi connectivity index (χ1n) is 7.08. The number of amides is 1. The average Bonchev–Trinajstić information content (AvgIpc) is 2.80. The summed E-state index contributed by atoms with van der Waals surface area (Å²) in [5, 5.41) is 2.48. The Morgan fingerprint density at radius 3 is 2.30 bits per heavy atom. The first-order chi connectivity index (χ1) is 10.5. The van der Waals surface area contributed by atoms with Crippen molar-refractivity contribution < 1.29 is 22.4 Å². The predicted octanol–water partition coefficient (Wildman–Crippen LogP) is 5.16. The van der Waals surface area contributed by atoms with E-state index < -0.39 is 17.6 Å². The van der Waals surface area contributed by atoms with Gasteiger partial charge in [-0.25, -0.2) is 0 Å². The summed E-state index contributed by atoms with van der Waals surface area (Å²) in [5.41, 5.74) is -0.677. The van der Waals surface area contributed by atoms with E-state index in [1.807, 2.05) is 20.8 Å². The molecule has 1 aromatic heterocycles. The summed E-state index contributed by atoms with van der Waals surface area (Å²) in [6.45, 7) is 7.48. The van der Waals surface area contributed by atoms with Gasteiger partial charge in [-0.2, -0.15) is 13.2 Å². The van der Waals surface area contributed by atoms with Crippen molar-refractivity contribution in [1.29, 1.82) is 0 Å². The fourth-order valence-corrected chi connectivity index (χ4v) is 2.05. The molecule has 0 saturated carbocycles. The van der Waals surface area contributed by atoms with Crippen molar-refractivity contribution in [2.24, 2.45) is 0 Å². The average molecular weight is 325 g/mol. The molecule has 6 heteroatoms. The normalized spacial score (nSPS) is 12.3. The van der Waals surface area contributed by atoms with E-state index >= 15 is 0 Å². The third kappa shape index (κ3) is 3.94. The second-order valence-corrected chi connectivity index (χ2v) is 6.36. The molecular weight excluding hydrogens is 307 g/mol. The lowest BCUT2D eigenvalue weighted by Gasteiger charge is -2.13. The Labute approximate surface area is 132 Å². The lowest BCUT2D eigenvalue weighted by Crippen LogP contribution is -2.14. The van der Waals surface area contributed by atoms with Crippen molar-refractivity contribution in [3.63, 3.8) is 0 Å². The summed E-state index contributed by atoms with van der Waals surface area (Å²) >= 11 is 0. The number of alkyl halides is 3. The summed E-state index contributed by atoms with van der Waals surface area (Å²) in [7, 11) is 0. The molecule has 1 amide bonds. The van der Waals surface area contributed by atoms with Crippen molar-refractivity contribution in [3.05, 3.63) is 53.0 Å². The third-order valence-electron chi connectivity index (χ3n) is 3.35. The van der Waals surface area contributed by atoms with Crippen LogP contribution in [0, 0.1) is 6.92 Å². The molecule has 0 spiro atoms. The molecule has 3 nitrogen and oxygen atoms in total. The lowest BCUT2D eigenvalue weighted by molar-refractivity contribution is -0.137. The molecule has 0 fully saturated rings. The van der Waals surface area contributed by atoms with Crippen LogP contribution in [0.1, 0.15) is 48.2 Å². The van der Waals surface area contributed by atoms with Gasteiger partial charge in [0.1, 0.15) is 11.5 Å². The van der Waals surface area contributed by atoms with Gasteiger partial charge in [0, 0.05) is 11.1 Å². The van der Waals surface area contributed by atoms with Gasteiger partial charge in [-0.3, -0.25) is 4.79 Å². The van der Waals surface area contributed by atoms with Gasteiger partial charge in [0.05, 0.1) is 11.1 Å². The second kappa shape index (κ2) is 5.76. The molecule has 2 aromatic rings. The highest BCUT2D eigenvalue weighted by molar-refractivity contribution is 6.05. The minimum Gasteiger partial charge on any atom is -0.465 e. The Morgan fingerprint density at radius 1 is 1.13 bits per heavy atom. The van der Waals surface area contributed by atoms with Crippen LogP contribution in [0.5, 0.6) is 0 Å². The topological polar surface area (TPSA) is 42.2 Å². The number of carbonyl (C=O) groups is 1. The summed E-state index contributed by atoms with van der Waals surface area (Å²) in [5.74, 6) is 0.574. The number of rotatable bonds is 2. The van der Waals surface area contributed by atoms with E-state index in [1.165, 1.54) is 12.1 Å². The summed E-state index contributed by atoms with van der Waals surface area (Å²) in [6, 6.07) is 6.14. The standard InChI is InChI=1S/C17H18F3NO2/c1-10-13(9-14(23-10)16(2,3)4)15(22)21-12-7-5-6-11(8-12)17(18,19)20/h5-9H,1-4H3,(H,21,22). The summed E-state index contributed by atoms with van der Waals surface area (Å²) < 4.78 is 43.7. The van der Waals surface area contributed by atoms with Crippen LogP contribution in [-0.2, 0) is 11.6 Å². The molecule has 0 unspecified atom stereocenters. The van der Waals surface area contributed by atoms with Crippen molar-refractivity contribution in [3.8, 4) is 0 Å². The van der Waals surface area contributed by atoms with E-state index in [9.17, 15) is 18.0 Å². The number of aryl methyl sites for hydroxylation is 1. The van der Waals surface area contributed by atoms with Crippen LogP contribution in [-0.4, -0.2) is 5.91 Å². The molecule has 1 heterocycles. The van der Waals surface area contributed by atoms with Crippen LogP contribution in [0.3, 0.4) is 0 Å². The summed E-state index contributed by atoms with van der Waals surface area (Å²) in [6.07, 6.45) is -4.45. The molecule has 0 aliphatic carbocycles. The van der Waals surface area contributed by atoms with E-state index in [1.54, 1.807) is 13.0 Å². The molecule has 0 atom stereocenters. The van der Waals surface area contributed by atoms with E-state index in [4.69, 9.17) is 4.42 Å². The Hall–Kier alpha value is -2.24. The molecule has 124 valence electrons. The van der Waals surface area contributed by atoms with Crippen LogP contribution < -0.4 is 5.32 Å². The van der Waals surface area contributed by atoms with E-state index in [-0.39, 0.29) is 11.1 Å². The molecule has 23 heavy (non-hydrogen) atoms. The number of anilines is 1. The Morgan fingerprint density at radius 2 is 1.78 bits per heavy atom. The van der Waals surface area contributed by atoms with Gasteiger partial charge in [-0.05, 0) is 31.2 Å². The first-order valence-corrected chi connectivity index (χ1v) is 7.08. The Kier molecular flexibility index (Phi) is 4.28. The van der Waals surface area contributed by atoms with Gasteiger partial charge < -0.3 is 9.73 Å². The number of halogens is 3. The third-order valence-corrected chi connectivity index (χ3v) is 3.35. The number of carbonyl (C=O) groups excluding carboxylic acids is 1. The zero-order valence-electron chi connectivity index (χ0n) is 13.3. The molecule has 2 rings (SSSR count). The first kappa shape index (κ1) is 17.1. The Balaban J connectivity index is 2.25. The number of benzene rings is 1. The van der Waals surface area contributed by atoms with Crippen molar-refractivity contribution >= 4 is 11.6 Å². The molecule has 0 aliphatic heterocycles. The zero-order valence-corrected chi connectivity index (χ0v) is 13.3. The number of nitrogens with one attached hydrogen (secondary N) is 1. The van der Waals surface area contributed by atoms with E-state index in [0.717, 1.165) is 12.1 Å². The minimum absolute atomic E-state index is 0.0859. The molecule has 0 saturated heterocycles. The van der Waals surface area contributed by atoms with Gasteiger partial charge in [0.2, 0.25) is 0 Å². The van der Waals surface area contributed by atoms with Gasteiger partial charge in [-0.15, -0.1) is 0 Å². The van der Waals surface area contributed by atoms with Gasteiger partial charge >= 0.3 is 6.18 Å². The van der Waals surface area contributed by atoms with Gasteiger partial charge in [0.25, 0.3) is 5.91 Å². The fourth-order valence-electron chi connectivity index (χ4n) is 2.05. The van der Waals surface area contributed by atoms with Crippen molar-refractivity contribution in [1.82, 2.24) is 0 Å². The maximum Gasteiger partial charge on any atom is 0.416 e. The number of furan rings is 1. The predicted molar refractivity (Wildman–Crippen MR) is 81.5 cm³/mol. The van der Waals surface area contributed by atoms with Crippen LogP contribution in [0.4, 0.5) is 18.9 Å². The number of hydrogen-bond donors (Lipinski definition) is 1. The molecule has 0 radical (unpaired) electrons. The fraction of sp³-hybridized carbons (Fsp3) is 0.353. The van der Waals surface area contributed by atoms with Crippen LogP contribution >= 0.6 is 0 Å². The number of hydrogen-bond acceptors (Lipinski definition) is 2. The molecular formula is C17H18F3NO2. The highest BCUT2D eigenvalue weighted by Gasteiger charge is 2.30.